The number of carbonyl (C=O) groups is 1. The fourth-order valence-electron chi connectivity index (χ4n) is 3.08. The summed E-state index contributed by atoms with van der Waals surface area (Å²) in [6.07, 6.45) is 5.90. The van der Waals surface area contributed by atoms with Crippen LogP contribution in [0.2, 0.25) is 0 Å². The van der Waals surface area contributed by atoms with Crippen LogP contribution in [0.15, 0.2) is 27.4 Å². The van der Waals surface area contributed by atoms with Gasteiger partial charge in [0.25, 0.3) is 5.91 Å². The van der Waals surface area contributed by atoms with Crippen LogP contribution in [0.4, 0.5) is 5.69 Å². The van der Waals surface area contributed by atoms with Crippen molar-refractivity contribution < 1.29 is 14.3 Å². The molecule has 0 atom stereocenters. The Labute approximate surface area is 133 Å². The van der Waals surface area contributed by atoms with Crippen LogP contribution < -0.4 is 16.5 Å². The fourth-order valence-corrected chi connectivity index (χ4v) is 3.08. The van der Waals surface area contributed by atoms with Gasteiger partial charge in [0.2, 0.25) is 0 Å². The summed E-state index contributed by atoms with van der Waals surface area (Å²) in [7, 11) is 0. The number of rotatable bonds is 3. The lowest BCUT2D eigenvalue weighted by Crippen LogP contribution is -2.30. The van der Waals surface area contributed by atoms with Gasteiger partial charge in [-0.3, -0.25) is 9.59 Å². The third kappa shape index (κ3) is 3.16. The molecule has 122 valence electrons. The summed E-state index contributed by atoms with van der Waals surface area (Å²) in [5.41, 5.74) is 5.33. The van der Waals surface area contributed by atoms with Gasteiger partial charge in [-0.2, -0.15) is 0 Å². The average Bonchev–Trinajstić information content (AvgIpc) is 2.56. The highest BCUT2D eigenvalue weighted by Gasteiger charge is 2.18. The van der Waals surface area contributed by atoms with Gasteiger partial charge in [0.1, 0.15) is 11.0 Å². The number of nitrogen functional groups attached to an aromatic ring is 1. The summed E-state index contributed by atoms with van der Waals surface area (Å²) >= 11 is 0. The van der Waals surface area contributed by atoms with Crippen LogP contribution in [0.3, 0.4) is 0 Å². The van der Waals surface area contributed by atoms with Crippen molar-refractivity contribution in [3.63, 3.8) is 0 Å². The monoisotopic (exact) mass is 316 g/mol. The quantitative estimate of drug-likeness (QED) is 0.595. The van der Waals surface area contributed by atoms with E-state index in [1.54, 1.807) is 0 Å². The highest BCUT2D eigenvalue weighted by molar-refractivity contribution is 5.95. The van der Waals surface area contributed by atoms with Gasteiger partial charge in [-0.05, 0) is 30.9 Å². The van der Waals surface area contributed by atoms with Crippen molar-refractivity contribution >= 4 is 22.6 Å². The van der Waals surface area contributed by atoms with E-state index in [9.17, 15) is 14.7 Å². The molecule has 1 amide bonds. The zero-order chi connectivity index (χ0) is 16.4. The predicted molar refractivity (Wildman–Crippen MR) is 87.5 cm³/mol. The zero-order valence-electron chi connectivity index (χ0n) is 12.8. The van der Waals surface area contributed by atoms with Crippen LogP contribution in [0, 0.1) is 5.92 Å². The first-order valence-electron chi connectivity index (χ1n) is 7.90. The predicted octanol–water partition coefficient (Wildman–Crippen LogP) is 2.39. The molecule has 0 bridgehead atoms. The molecule has 0 spiro atoms. The second kappa shape index (κ2) is 6.32. The molecule has 1 aromatic heterocycles. The van der Waals surface area contributed by atoms with E-state index in [4.69, 9.17) is 10.2 Å². The van der Waals surface area contributed by atoms with Gasteiger partial charge in [0.15, 0.2) is 16.9 Å². The van der Waals surface area contributed by atoms with E-state index in [2.05, 4.69) is 5.32 Å². The first kappa shape index (κ1) is 15.4. The smallest absolute Gasteiger partial charge is 0.287 e. The number of nitrogens with one attached hydrogen (secondary N) is 1. The molecule has 1 aromatic carbocycles. The number of phenols is 1. The van der Waals surface area contributed by atoms with E-state index in [0.29, 0.717) is 12.5 Å². The lowest BCUT2D eigenvalue weighted by atomic mass is 9.89. The van der Waals surface area contributed by atoms with E-state index in [1.807, 2.05) is 0 Å². The maximum atomic E-state index is 12.2. The molecule has 6 nitrogen and oxygen atoms in total. The normalized spacial score (nSPS) is 15.7. The number of anilines is 1. The third-order valence-electron chi connectivity index (χ3n) is 4.40. The van der Waals surface area contributed by atoms with E-state index in [1.165, 1.54) is 31.4 Å². The van der Waals surface area contributed by atoms with E-state index >= 15 is 0 Å². The number of benzene rings is 1. The molecule has 3 rings (SSSR count). The van der Waals surface area contributed by atoms with E-state index in [0.717, 1.165) is 18.9 Å². The lowest BCUT2D eigenvalue weighted by Gasteiger charge is -2.21. The number of hydrogen-bond donors (Lipinski definition) is 3. The summed E-state index contributed by atoms with van der Waals surface area (Å²) in [6.45, 7) is 0.591. The van der Waals surface area contributed by atoms with Gasteiger partial charge < -0.3 is 20.6 Å². The average molecular weight is 316 g/mol. The van der Waals surface area contributed by atoms with Crippen molar-refractivity contribution in [1.29, 1.82) is 0 Å². The van der Waals surface area contributed by atoms with Crippen molar-refractivity contribution in [2.24, 2.45) is 5.92 Å². The number of aromatic hydroxyl groups is 1. The van der Waals surface area contributed by atoms with Crippen LogP contribution in [0.1, 0.15) is 42.7 Å². The Morgan fingerprint density at radius 2 is 2.04 bits per heavy atom. The number of fused-ring (bicyclic) bond motifs is 1. The second-order valence-corrected chi connectivity index (χ2v) is 6.07. The minimum absolute atomic E-state index is 0.00571. The maximum absolute atomic E-state index is 12.2. The lowest BCUT2D eigenvalue weighted by molar-refractivity contribution is 0.0916. The number of phenolic OH excluding ortho intramolecular Hbond substituents is 1. The Balaban J connectivity index is 1.81. The highest BCUT2D eigenvalue weighted by atomic mass is 16.3. The SMILES string of the molecule is Nc1ccc2oc(C(=O)NCC3CCCCC3)cc(=O)c2c1O. The minimum Gasteiger partial charge on any atom is -0.505 e. The first-order valence-corrected chi connectivity index (χ1v) is 7.90. The topological polar surface area (TPSA) is 106 Å². The summed E-state index contributed by atoms with van der Waals surface area (Å²) in [4.78, 5) is 24.3. The summed E-state index contributed by atoms with van der Waals surface area (Å²) < 4.78 is 5.45. The highest BCUT2D eigenvalue weighted by Crippen LogP contribution is 2.28. The summed E-state index contributed by atoms with van der Waals surface area (Å²) in [5, 5.41) is 12.7. The molecule has 1 fully saturated rings. The Kier molecular flexibility index (Phi) is 4.23. The molecule has 1 aliphatic rings. The van der Waals surface area contributed by atoms with Gasteiger partial charge in [-0.1, -0.05) is 19.3 Å². The molecule has 0 aliphatic heterocycles. The van der Waals surface area contributed by atoms with Crippen molar-refractivity contribution in [3.05, 3.63) is 34.2 Å². The summed E-state index contributed by atoms with van der Waals surface area (Å²) in [6, 6.07) is 4.01. The molecule has 0 radical (unpaired) electrons. The number of carbonyl (C=O) groups excluding carboxylic acids is 1. The van der Waals surface area contributed by atoms with Gasteiger partial charge >= 0.3 is 0 Å². The third-order valence-corrected chi connectivity index (χ3v) is 4.40. The molecular formula is C17H20N2O4. The Morgan fingerprint density at radius 3 is 2.78 bits per heavy atom. The van der Waals surface area contributed by atoms with Crippen molar-refractivity contribution in [2.75, 3.05) is 12.3 Å². The van der Waals surface area contributed by atoms with Crippen molar-refractivity contribution in [1.82, 2.24) is 5.32 Å². The second-order valence-electron chi connectivity index (χ2n) is 6.07. The molecule has 1 heterocycles. The van der Waals surface area contributed by atoms with Crippen LogP contribution in [-0.2, 0) is 0 Å². The van der Waals surface area contributed by atoms with Crippen LogP contribution in [-0.4, -0.2) is 17.6 Å². The number of nitrogens with two attached hydrogens (primary N) is 1. The number of amides is 1. The van der Waals surface area contributed by atoms with E-state index in [-0.39, 0.29) is 28.2 Å². The van der Waals surface area contributed by atoms with Crippen LogP contribution in [0.5, 0.6) is 5.75 Å². The van der Waals surface area contributed by atoms with E-state index < -0.39 is 11.3 Å². The molecule has 6 heteroatoms. The largest absolute Gasteiger partial charge is 0.505 e. The zero-order valence-corrected chi connectivity index (χ0v) is 12.8. The molecule has 0 saturated heterocycles. The van der Waals surface area contributed by atoms with Crippen molar-refractivity contribution in [3.8, 4) is 5.75 Å². The molecule has 23 heavy (non-hydrogen) atoms. The maximum Gasteiger partial charge on any atom is 0.287 e. The Hall–Kier alpha value is -2.50. The molecule has 0 unspecified atom stereocenters. The minimum atomic E-state index is -0.487. The Morgan fingerprint density at radius 1 is 1.30 bits per heavy atom. The number of hydrogen-bond acceptors (Lipinski definition) is 5. The van der Waals surface area contributed by atoms with Gasteiger partial charge in [-0.15, -0.1) is 0 Å². The van der Waals surface area contributed by atoms with Gasteiger partial charge in [0.05, 0.1) is 5.69 Å². The molecule has 1 aliphatic carbocycles. The standard InChI is InChI=1S/C17H20N2O4/c18-11-6-7-13-15(16(11)21)12(20)8-14(23-13)17(22)19-9-10-4-2-1-3-5-10/h6-8,10,21H,1-5,9,18H2,(H,19,22). The Bertz CT molecular complexity index is 791. The van der Waals surface area contributed by atoms with Gasteiger partial charge in [-0.25, -0.2) is 0 Å². The van der Waals surface area contributed by atoms with Crippen LogP contribution in [0.25, 0.3) is 11.0 Å². The first-order chi connectivity index (χ1) is 11.1. The van der Waals surface area contributed by atoms with Crippen molar-refractivity contribution in [2.45, 2.75) is 32.1 Å². The van der Waals surface area contributed by atoms with Crippen LogP contribution >= 0.6 is 0 Å². The molecule has 4 N–H and O–H groups in total. The fraction of sp³-hybridized carbons (Fsp3) is 0.412. The summed E-state index contributed by atoms with van der Waals surface area (Å²) in [5.74, 6) is -0.289. The molecule has 1 saturated carbocycles. The molecular weight excluding hydrogens is 296 g/mol. The molecule has 2 aromatic rings. The van der Waals surface area contributed by atoms with Gasteiger partial charge in [0, 0.05) is 12.6 Å².